The van der Waals surface area contributed by atoms with E-state index in [2.05, 4.69) is 24.8 Å². The van der Waals surface area contributed by atoms with Crippen LogP contribution in [0.25, 0.3) is 21.3 Å². The smallest absolute Gasteiger partial charge is 0.253 e. The Hall–Kier alpha value is -3.12. The predicted octanol–water partition coefficient (Wildman–Crippen LogP) is 2.11. The lowest BCUT2D eigenvalue weighted by atomic mass is 10.0. The number of likely N-dealkylation sites (N-methyl/N-ethyl adjacent to an activating group) is 1. The second kappa shape index (κ2) is 13.0. The van der Waals surface area contributed by atoms with Gasteiger partial charge in [-0.2, -0.15) is 0 Å². The molecule has 2 atom stereocenters. The van der Waals surface area contributed by atoms with E-state index in [1.54, 1.807) is 6.07 Å². The third kappa shape index (κ3) is 6.91. The number of nitrogens with one attached hydrogen (secondary N) is 1. The molecule has 13 nitrogen and oxygen atoms in total. The number of hydrogen-bond acceptors (Lipinski definition) is 11. The molecule has 0 spiro atoms. The molecule has 1 saturated heterocycles. The highest BCUT2D eigenvalue weighted by atomic mass is 32.2. The molecule has 1 amide bonds. The Kier molecular flexibility index (Phi) is 9.41. The highest BCUT2D eigenvalue weighted by molar-refractivity contribution is 7.92. The van der Waals surface area contributed by atoms with Crippen molar-refractivity contribution in [2.24, 2.45) is 0 Å². The van der Waals surface area contributed by atoms with Crippen LogP contribution < -0.4 is 4.72 Å². The van der Waals surface area contributed by atoms with E-state index in [1.165, 1.54) is 18.4 Å². The normalized spacial score (nSPS) is 16.1. The SMILES string of the molecule is COCCS(=O)(=O)C(c1nnc(CNS(=O)O)o1)c1nc2ccc(-c3cccc(C(=O)N4CCN(C)CC4)c3)cc2s1. The average molecular weight is 635 g/mol. The summed E-state index contributed by atoms with van der Waals surface area (Å²) in [5, 5.41) is 6.63. The Bertz CT molecular complexity index is 1700. The number of rotatable bonds is 11. The number of amides is 1. The topological polar surface area (TPSA) is 168 Å². The van der Waals surface area contributed by atoms with Crippen LogP contribution in [-0.2, 0) is 32.4 Å². The molecule has 5 rings (SSSR count). The molecular weight excluding hydrogens is 605 g/mol. The predicted molar refractivity (Wildman–Crippen MR) is 158 cm³/mol. The third-order valence-corrected chi connectivity index (χ3v) is 10.3. The first-order valence-electron chi connectivity index (χ1n) is 13.0. The van der Waals surface area contributed by atoms with Crippen molar-refractivity contribution >= 4 is 48.6 Å². The van der Waals surface area contributed by atoms with Crippen molar-refractivity contribution in [1.82, 2.24) is 29.7 Å². The number of fused-ring (bicyclic) bond motifs is 1. The summed E-state index contributed by atoms with van der Waals surface area (Å²) in [6.07, 6.45) is 0. The van der Waals surface area contributed by atoms with Crippen molar-refractivity contribution in [2.75, 3.05) is 52.7 Å². The number of hydrogen-bond donors (Lipinski definition) is 2. The number of thiazole rings is 1. The molecular formula is C26H30N6O7S3. The van der Waals surface area contributed by atoms with Gasteiger partial charge in [0.05, 0.1) is 29.1 Å². The standard InChI is InChI=1S/C26H30N6O7S3/c1-31-8-10-32(11-9-31)26(33)19-5-3-4-17(14-19)18-6-7-20-21(15-18)40-25(28-20)23(42(36,37)13-12-38-2)24-30-29-22(39-24)16-27-41(34)35/h3-7,14-15,23,27H,8-13,16H2,1-2H3,(H,34,35). The van der Waals surface area contributed by atoms with Crippen LogP contribution in [0, 0.1) is 0 Å². The van der Waals surface area contributed by atoms with E-state index in [0.717, 1.165) is 28.9 Å². The van der Waals surface area contributed by atoms with Crippen molar-refractivity contribution in [3.8, 4) is 11.1 Å². The number of carbonyl (C=O) groups is 1. The van der Waals surface area contributed by atoms with Gasteiger partial charge in [0, 0.05) is 38.9 Å². The van der Waals surface area contributed by atoms with Crippen LogP contribution in [0.3, 0.4) is 0 Å². The Balaban J connectivity index is 1.46. The Morgan fingerprint density at radius 3 is 2.67 bits per heavy atom. The van der Waals surface area contributed by atoms with Crippen LogP contribution in [0.2, 0.25) is 0 Å². The molecule has 1 aliphatic heterocycles. The summed E-state index contributed by atoms with van der Waals surface area (Å²) < 4.78 is 60.2. The van der Waals surface area contributed by atoms with Gasteiger partial charge in [-0.3, -0.25) is 9.35 Å². The molecule has 0 saturated carbocycles. The number of methoxy groups -OCH3 is 1. The van der Waals surface area contributed by atoms with E-state index in [4.69, 9.17) is 13.7 Å². The number of sulfone groups is 1. The molecule has 224 valence electrons. The minimum atomic E-state index is -3.90. The van der Waals surface area contributed by atoms with Gasteiger partial charge in [0.25, 0.3) is 5.91 Å². The van der Waals surface area contributed by atoms with E-state index in [-0.39, 0.29) is 41.6 Å². The van der Waals surface area contributed by atoms with Crippen LogP contribution in [0.1, 0.15) is 32.4 Å². The molecule has 16 heteroatoms. The quantitative estimate of drug-likeness (QED) is 0.232. The zero-order chi connectivity index (χ0) is 29.9. The molecule has 2 aromatic carbocycles. The molecule has 0 radical (unpaired) electrons. The van der Waals surface area contributed by atoms with Crippen LogP contribution in [-0.4, -0.2) is 101 Å². The van der Waals surface area contributed by atoms with E-state index in [1.807, 2.05) is 48.3 Å². The maximum absolute atomic E-state index is 13.4. The maximum Gasteiger partial charge on any atom is 0.253 e. The fourth-order valence-corrected chi connectivity index (χ4v) is 7.77. The maximum atomic E-state index is 13.4. The summed E-state index contributed by atoms with van der Waals surface area (Å²) in [4.78, 5) is 21.8. The minimum absolute atomic E-state index is 0.00503. The van der Waals surface area contributed by atoms with E-state index in [0.29, 0.717) is 24.2 Å². The second-order valence-corrected chi connectivity index (χ2v) is 13.8. The number of aromatic nitrogens is 3. The first-order chi connectivity index (χ1) is 20.1. The molecule has 0 aliphatic carbocycles. The van der Waals surface area contributed by atoms with Gasteiger partial charge in [-0.05, 0) is 42.4 Å². The Morgan fingerprint density at radius 1 is 1.17 bits per heavy atom. The lowest BCUT2D eigenvalue weighted by molar-refractivity contribution is 0.0664. The average Bonchev–Trinajstić information content (AvgIpc) is 3.61. The van der Waals surface area contributed by atoms with Gasteiger partial charge in [-0.25, -0.2) is 22.3 Å². The molecule has 2 aromatic heterocycles. The molecule has 1 aliphatic rings. The summed E-state index contributed by atoms with van der Waals surface area (Å²) in [5.41, 5.74) is 2.91. The van der Waals surface area contributed by atoms with E-state index >= 15 is 0 Å². The van der Waals surface area contributed by atoms with Gasteiger partial charge >= 0.3 is 0 Å². The van der Waals surface area contributed by atoms with Gasteiger partial charge in [0.15, 0.2) is 15.1 Å². The summed E-state index contributed by atoms with van der Waals surface area (Å²) in [6, 6.07) is 13.1. The first kappa shape index (κ1) is 30.3. The van der Waals surface area contributed by atoms with Gasteiger partial charge in [0.2, 0.25) is 23.0 Å². The van der Waals surface area contributed by atoms with Crippen molar-refractivity contribution in [1.29, 1.82) is 0 Å². The van der Waals surface area contributed by atoms with Crippen molar-refractivity contribution < 1.29 is 31.1 Å². The molecule has 0 bridgehead atoms. The van der Waals surface area contributed by atoms with Crippen molar-refractivity contribution in [3.63, 3.8) is 0 Å². The van der Waals surface area contributed by atoms with Crippen LogP contribution in [0.15, 0.2) is 46.9 Å². The molecule has 4 aromatic rings. The summed E-state index contributed by atoms with van der Waals surface area (Å²) in [7, 11) is -0.448. The minimum Gasteiger partial charge on any atom is -0.422 e. The fraction of sp³-hybridized carbons (Fsp3) is 0.385. The first-order valence-corrected chi connectivity index (χ1v) is 16.6. The van der Waals surface area contributed by atoms with Crippen molar-refractivity contribution in [3.05, 3.63) is 64.8 Å². The number of benzene rings is 2. The lowest BCUT2D eigenvalue weighted by Crippen LogP contribution is -2.47. The number of carbonyl (C=O) groups excluding carboxylic acids is 1. The van der Waals surface area contributed by atoms with Crippen LogP contribution in [0.4, 0.5) is 0 Å². The van der Waals surface area contributed by atoms with Gasteiger partial charge in [-0.15, -0.1) is 21.5 Å². The van der Waals surface area contributed by atoms with Gasteiger partial charge in [0.1, 0.15) is 5.01 Å². The monoisotopic (exact) mass is 634 g/mol. The third-order valence-electron chi connectivity index (χ3n) is 6.85. The van der Waals surface area contributed by atoms with Crippen LogP contribution in [0.5, 0.6) is 0 Å². The molecule has 3 heterocycles. The van der Waals surface area contributed by atoms with Gasteiger partial charge < -0.3 is 19.0 Å². The summed E-state index contributed by atoms with van der Waals surface area (Å²) >= 11 is -1.12. The van der Waals surface area contributed by atoms with E-state index in [9.17, 15) is 17.4 Å². The lowest BCUT2D eigenvalue weighted by Gasteiger charge is -2.32. The Morgan fingerprint density at radius 2 is 1.93 bits per heavy atom. The van der Waals surface area contributed by atoms with Crippen molar-refractivity contribution in [2.45, 2.75) is 11.8 Å². The van der Waals surface area contributed by atoms with Gasteiger partial charge in [-0.1, -0.05) is 18.2 Å². The molecule has 1 fully saturated rings. The molecule has 2 unspecified atom stereocenters. The highest BCUT2D eigenvalue weighted by Gasteiger charge is 2.36. The largest absolute Gasteiger partial charge is 0.422 e. The fourth-order valence-electron chi connectivity index (χ4n) is 4.56. The highest BCUT2D eigenvalue weighted by Crippen LogP contribution is 2.37. The zero-order valence-electron chi connectivity index (χ0n) is 22.9. The molecule has 2 N–H and O–H groups in total. The summed E-state index contributed by atoms with van der Waals surface area (Å²) in [6.45, 7) is 2.78. The van der Waals surface area contributed by atoms with E-state index < -0.39 is 26.4 Å². The number of piperazine rings is 1. The number of ether oxygens (including phenoxy) is 1. The second-order valence-electron chi connectivity index (χ2n) is 9.76. The summed E-state index contributed by atoms with van der Waals surface area (Å²) in [5.74, 6) is -0.551. The zero-order valence-corrected chi connectivity index (χ0v) is 25.4. The van der Waals surface area contributed by atoms with Crippen LogP contribution >= 0.6 is 11.3 Å². The number of nitrogens with zero attached hydrogens (tertiary/aromatic N) is 5. The molecule has 42 heavy (non-hydrogen) atoms. The Labute approximate surface area is 249 Å².